The monoisotopic (exact) mass is 503 g/mol. The van der Waals surface area contributed by atoms with E-state index in [2.05, 4.69) is 10.1 Å². The molecule has 1 aromatic heterocycles. The SMILES string of the molecule is COC(=O)[C@H](C)NP(=O)(OC[C@@H]1CC[C@H](n2ccc(=O)[nH]c2=O)O1)Oc1cccc2ccccc12. The lowest BCUT2D eigenvalue weighted by molar-refractivity contribution is -0.142. The minimum atomic E-state index is -4.08. The van der Waals surface area contributed by atoms with Crippen molar-refractivity contribution in [2.45, 2.75) is 38.1 Å². The van der Waals surface area contributed by atoms with Crippen LogP contribution in [0.3, 0.4) is 0 Å². The molecule has 0 amide bonds. The van der Waals surface area contributed by atoms with Crippen molar-refractivity contribution in [2.75, 3.05) is 13.7 Å². The Morgan fingerprint density at radius 1 is 1.20 bits per heavy atom. The number of ether oxygens (including phenoxy) is 2. The number of hydrogen-bond donors (Lipinski definition) is 2. The second-order valence-corrected chi connectivity index (χ2v) is 9.74. The lowest BCUT2D eigenvalue weighted by Gasteiger charge is -2.24. The summed E-state index contributed by atoms with van der Waals surface area (Å²) in [6.07, 6.45) is 1.26. The molecule has 2 aromatic carbocycles. The summed E-state index contributed by atoms with van der Waals surface area (Å²) in [4.78, 5) is 37.5. The fraction of sp³-hybridized carbons (Fsp3) is 0.348. The molecule has 0 spiro atoms. The number of H-pyrrole nitrogens is 1. The van der Waals surface area contributed by atoms with Crippen LogP contribution in [0.4, 0.5) is 0 Å². The maximum absolute atomic E-state index is 13.7. The number of carbonyl (C=O) groups is 1. The van der Waals surface area contributed by atoms with E-state index >= 15 is 0 Å². The number of carbonyl (C=O) groups excluding carboxylic acids is 1. The number of aromatic nitrogens is 2. The lowest BCUT2D eigenvalue weighted by atomic mass is 10.1. The highest BCUT2D eigenvalue weighted by Gasteiger charge is 2.35. The summed E-state index contributed by atoms with van der Waals surface area (Å²) >= 11 is 0. The Morgan fingerprint density at radius 2 is 1.97 bits per heavy atom. The molecule has 4 atom stereocenters. The van der Waals surface area contributed by atoms with E-state index in [0.29, 0.717) is 18.6 Å². The number of aromatic amines is 1. The Balaban J connectivity index is 1.51. The number of methoxy groups -OCH3 is 1. The normalized spacial score (nSPS) is 20.3. The molecule has 1 saturated heterocycles. The number of benzene rings is 2. The standard InChI is InChI=1S/C23H26N3O8P/c1-15(22(28)31-2)25-35(30,34-19-9-5-7-16-6-3-4-8-18(16)19)32-14-17-10-11-21(33-17)26-13-12-20(27)24-23(26)29/h3-9,12-13,15,17,21H,10-11,14H2,1-2H3,(H,25,30)(H,24,27,29)/t15-,17-,21+,35?/m0/s1. The number of nitrogens with one attached hydrogen (secondary N) is 2. The van der Waals surface area contributed by atoms with Crippen LogP contribution in [0.1, 0.15) is 26.0 Å². The van der Waals surface area contributed by atoms with Crippen molar-refractivity contribution in [3.63, 3.8) is 0 Å². The van der Waals surface area contributed by atoms with Crippen LogP contribution in [0.15, 0.2) is 64.3 Å². The molecule has 1 fully saturated rings. The maximum Gasteiger partial charge on any atom is 0.459 e. The molecule has 35 heavy (non-hydrogen) atoms. The molecule has 1 aliphatic rings. The van der Waals surface area contributed by atoms with Crippen molar-refractivity contribution in [1.29, 1.82) is 0 Å². The highest BCUT2D eigenvalue weighted by molar-refractivity contribution is 7.52. The molecule has 4 rings (SSSR count). The molecule has 1 aliphatic heterocycles. The predicted octanol–water partition coefficient (Wildman–Crippen LogP) is 2.72. The Morgan fingerprint density at radius 3 is 2.74 bits per heavy atom. The second kappa shape index (κ2) is 10.6. The summed E-state index contributed by atoms with van der Waals surface area (Å²) in [6, 6.07) is 13.0. The number of esters is 1. The van der Waals surface area contributed by atoms with Gasteiger partial charge in [-0.05, 0) is 31.2 Å². The van der Waals surface area contributed by atoms with E-state index in [1.54, 1.807) is 12.1 Å². The highest BCUT2D eigenvalue weighted by Crippen LogP contribution is 2.47. The van der Waals surface area contributed by atoms with Crippen LogP contribution in [-0.2, 0) is 23.4 Å². The van der Waals surface area contributed by atoms with Gasteiger partial charge in [0.2, 0.25) is 0 Å². The Bertz CT molecular complexity index is 1370. The number of nitrogens with zero attached hydrogens (tertiary/aromatic N) is 1. The summed E-state index contributed by atoms with van der Waals surface area (Å²) in [5.41, 5.74) is -1.08. The van der Waals surface area contributed by atoms with Gasteiger partial charge in [0.15, 0.2) is 0 Å². The summed E-state index contributed by atoms with van der Waals surface area (Å²) in [6.45, 7) is 1.36. The van der Waals surface area contributed by atoms with Gasteiger partial charge in [0.1, 0.15) is 18.0 Å². The minimum absolute atomic E-state index is 0.127. The molecular formula is C23H26N3O8P. The van der Waals surface area contributed by atoms with Gasteiger partial charge in [-0.1, -0.05) is 36.4 Å². The summed E-state index contributed by atoms with van der Waals surface area (Å²) in [5.74, 6) is -0.314. The third-order valence-electron chi connectivity index (χ3n) is 5.55. The zero-order valence-electron chi connectivity index (χ0n) is 19.2. The maximum atomic E-state index is 13.7. The van der Waals surface area contributed by atoms with E-state index in [0.717, 1.165) is 10.8 Å². The molecule has 1 unspecified atom stereocenters. The molecule has 0 aliphatic carbocycles. The van der Waals surface area contributed by atoms with Gasteiger partial charge in [-0.3, -0.25) is 23.7 Å². The third kappa shape index (κ3) is 5.88. The number of fused-ring (bicyclic) bond motifs is 1. The van der Waals surface area contributed by atoms with Crippen molar-refractivity contribution in [2.24, 2.45) is 0 Å². The van der Waals surface area contributed by atoms with Crippen LogP contribution in [0, 0.1) is 0 Å². The van der Waals surface area contributed by atoms with Crippen LogP contribution in [0.5, 0.6) is 5.75 Å². The van der Waals surface area contributed by atoms with Gasteiger partial charge < -0.3 is 14.0 Å². The fourth-order valence-electron chi connectivity index (χ4n) is 3.81. The topological polar surface area (TPSA) is 138 Å². The predicted molar refractivity (Wildman–Crippen MR) is 127 cm³/mol. The van der Waals surface area contributed by atoms with Gasteiger partial charge in [0.25, 0.3) is 5.56 Å². The highest BCUT2D eigenvalue weighted by atomic mass is 31.2. The Labute approximate surface area is 200 Å². The largest absolute Gasteiger partial charge is 0.468 e. The van der Waals surface area contributed by atoms with Crippen molar-refractivity contribution >= 4 is 24.5 Å². The average molecular weight is 503 g/mol. The second-order valence-electron chi connectivity index (χ2n) is 8.04. The van der Waals surface area contributed by atoms with Crippen molar-refractivity contribution in [3.05, 3.63) is 75.6 Å². The van der Waals surface area contributed by atoms with E-state index in [-0.39, 0.29) is 6.61 Å². The van der Waals surface area contributed by atoms with Gasteiger partial charge in [-0.15, -0.1) is 0 Å². The van der Waals surface area contributed by atoms with Crippen LogP contribution in [0.2, 0.25) is 0 Å². The average Bonchev–Trinajstić information content (AvgIpc) is 3.31. The first-order valence-electron chi connectivity index (χ1n) is 11.0. The Kier molecular flexibility index (Phi) is 7.51. The van der Waals surface area contributed by atoms with E-state index in [9.17, 15) is 18.9 Å². The molecule has 11 nitrogen and oxygen atoms in total. The van der Waals surface area contributed by atoms with E-state index in [1.165, 1.54) is 30.9 Å². The summed E-state index contributed by atoms with van der Waals surface area (Å²) in [5, 5.41) is 4.23. The fourth-order valence-corrected chi connectivity index (χ4v) is 5.35. The van der Waals surface area contributed by atoms with Gasteiger partial charge >= 0.3 is 19.4 Å². The molecule has 2 heterocycles. The van der Waals surface area contributed by atoms with Crippen LogP contribution >= 0.6 is 7.75 Å². The quantitative estimate of drug-likeness (QED) is 0.333. The van der Waals surface area contributed by atoms with Crippen LogP contribution < -0.4 is 20.9 Å². The third-order valence-corrected chi connectivity index (χ3v) is 7.18. The van der Waals surface area contributed by atoms with Crippen molar-refractivity contribution < 1.29 is 27.9 Å². The summed E-state index contributed by atoms with van der Waals surface area (Å²) < 4.78 is 37.2. The van der Waals surface area contributed by atoms with Gasteiger partial charge in [-0.2, -0.15) is 5.09 Å². The smallest absolute Gasteiger partial charge is 0.459 e. The van der Waals surface area contributed by atoms with Crippen LogP contribution in [-0.4, -0.2) is 41.4 Å². The molecule has 12 heteroatoms. The molecule has 3 aromatic rings. The van der Waals surface area contributed by atoms with Crippen molar-refractivity contribution in [1.82, 2.24) is 14.6 Å². The molecular weight excluding hydrogens is 477 g/mol. The first-order valence-corrected chi connectivity index (χ1v) is 12.6. The Hall–Kier alpha value is -3.24. The molecule has 2 N–H and O–H groups in total. The van der Waals surface area contributed by atoms with Crippen LogP contribution in [0.25, 0.3) is 10.8 Å². The number of rotatable bonds is 9. The zero-order chi connectivity index (χ0) is 25.0. The first-order chi connectivity index (χ1) is 16.8. The van der Waals surface area contributed by atoms with E-state index < -0.39 is 43.3 Å². The van der Waals surface area contributed by atoms with Crippen molar-refractivity contribution in [3.8, 4) is 5.75 Å². The minimum Gasteiger partial charge on any atom is -0.468 e. The van der Waals surface area contributed by atoms with Gasteiger partial charge in [0, 0.05) is 17.6 Å². The first kappa shape index (κ1) is 24.9. The molecule has 0 saturated carbocycles. The zero-order valence-corrected chi connectivity index (χ0v) is 20.1. The summed E-state index contributed by atoms with van der Waals surface area (Å²) in [7, 11) is -2.85. The molecule has 0 bridgehead atoms. The molecule has 186 valence electrons. The van der Waals surface area contributed by atoms with Gasteiger partial charge in [0.05, 0.1) is 19.8 Å². The molecule has 0 radical (unpaired) electrons. The van der Waals surface area contributed by atoms with Gasteiger partial charge in [-0.25, -0.2) is 9.36 Å². The number of hydrogen-bond acceptors (Lipinski definition) is 8. The van der Waals surface area contributed by atoms with E-state index in [4.69, 9.17) is 18.5 Å². The van der Waals surface area contributed by atoms with E-state index in [1.807, 2.05) is 30.3 Å². The lowest BCUT2D eigenvalue weighted by Crippen LogP contribution is -2.35.